The molecule has 0 aliphatic carbocycles. The smallest absolute Gasteiger partial charge is 0.308 e. The molecule has 0 spiro atoms. The van der Waals surface area contributed by atoms with Gasteiger partial charge in [-0.2, -0.15) is 0 Å². The molecule has 1 aromatic rings. The van der Waals surface area contributed by atoms with Crippen molar-refractivity contribution in [1.29, 1.82) is 0 Å². The number of carboxylic acids is 1. The van der Waals surface area contributed by atoms with Gasteiger partial charge in [-0.15, -0.1) is 0 Å². The van der Waals surface area contributed by atoms with Gasteiger partial charge in [-0.05, 0) is 26.3 Å². The number of amides is 1. The minimum absolute atomic E-state index is 0.219. The van der Waals surface area contributed by atoms with Gasteiger partial charge in [-0.1, -0.05) is 0 Å². The lowest BCUT2D eigenvalue weighted by molar-refractivity contribution is -0.142. The largest absolute Gasteiger partial charge is 0.481 e. The zero-order valence-corrected chi connectivity index (χ0v) is 9.84. The molecule has 92 valence electrons. The Labute approximate surface area is 99.0 Å². The van der Waals surface area contributed by atoms with Crippen LogP contribution in [0, 0.1) is 12.8 Å². The number of nitrogens with zero attached hydrogens (tertiary/aromatic N) is 1. The summed E-state index contributed by atoms with van der Waals surface area (Å²) in [6.45, 7) is 4.03. The number of hydrogen-bond donors (Lipinski definition) is 1. The predicted molar refractivity (Wildman–Crippen MR) is 59.7 cm³/mol. The Morgan fingerprint density at radius 2 is 2.24 bits per heavy atom. The van der Waals surface area contributed by atoms with Crippen LogP contribution in [0.3, 0.4) is 0 Å². The third-order valence-electron chi connectivity index (χ3n) is 3.39. The molecule has 2 heterocycles. The van der Waals surface area contributed by atoms with Crippen molar-refractivity contribution < 1.29 is 19.1 Å². The van der Waals surface area contributed by atoms with E-state index in [4.69, 9.17) is 9.52 Å². The number of furan rings is 1. The molecule has 0 radical (unpaired) electrons. The van der Waals surface area contributed by atoms with Gasteiger partial charge in [0.15, 0.2) is 5.76 Å². The molecule has 0 bridgehead atoms. The maximum atomic E-state index is 12.1. The zero-order chi connectivity index (χ0) is 12.6. The summed E-state index contributed by atoms with van der Waals surface area (Å²) in [5, 5.41) is 9.01. The molecule has 17 heavy (non-hydrogen) atoms. The number of aliphatic carboxylic acids is 1. The van der Waals surface area contributed by atoms with E-state index in [2.05, 4.69) is 0 Å². The van der Waals surface area contributed by atoms with Crippen molar-refractivity contribution in [2.45, 2.75) is 26.3 Å². The minimum Gasteiger partial charge on any atom is -0.481 e. The first-order chi connectivity index (χ1) is 8.02. The molecule has 1 N–H and O–H groups in total. The highest BCUT2D eigenvalue weighted by atomic mass is 16.4. The van der Waals surface area contributed by atoms with Crippen molar-refractivity contribution in [2.24, 2.45) is 5.92 Å². The molecule has 1 aromatic heterocycles. The van der Waals surface area contributed by atoms with Crippen molar-refractivity contribution in [1.82, 2.24) is 4.90 Å². The van der Waals surface area contributed by atoms with Crippen molar-refractivity contribution in [3.8, 4) is 0 Å². The van der Waals surface area contributed by atoms with Crippen LogP contribution in [0.25, 0.3) is 0 Å². The van der Waals surface area contributed by atoms with Gasteiger partial charge in [0, 0.05) is 18.2 Å². The van der Waals surface area contributed by atoms with Crippen LogP contribution in [-0.2, 0) is 4.79 Å². The van der Waals surface area contributed by atoms with Crippen molar-refractivity contribution in [3.63, 3.8) is 0 Å². The summed E-state index contributed by atoms with van der Waals surface area (Å²) >= 11 is 0. The van der Waals surface area contributed by atoms with Crippen LogP contribution in [0.2, 0.25) is 0 Å². The van der Waals surface area contributed by atoms with E-state index in [1.165, 1.54) is 6.26 Å². The Morgan fingerprint density at radius 3 is 2.71 bits per heavy atom. The number of carboxylic acid groups (broad SMARTS) is 1. The fourth-order valence-corrected chi connectivity index (χ4v) is 2.28. The molecule has 0 aromatic carbocycles. The normalized spacial score (nSPS) is 24.0. The minimum atomic E-state index is -0.844. The van der Waals surface area contributed by atoms with E-state index in [9.17, 15) is 9.59 Å². The Kier molecular flexibility index (Phi) is 2.92. The summed E-state index contributed by atoms with van der Waals surface area (Å²) < 4.78 is 5.14. The van der Waals surface area contributed by atoms with E-state index in [0.29, 0.717) is 18.7 Å². The highest BCUT2D eigenvalue weighted by Crippen LogP contribution is 2.26. The summed E-state index contributed by atoms with van der Waals surface area (Å²) in [6, 6.07) is 1.44. The van der Waals surface area contributed by atoms with Gasteiger partial charge in [-0.25, -0.2) is 0 Å². The van der Waals surface area contributed by atoms with Gasteiger partial charge in [0.1, 0.15) is 0 Å². The lowest BCUT2D eigenvalue weighted by Crippen LogP contribution is -2.37. The van der Waals surface area contributed by atoms with Crippen LogP contribution >= 0.6 is 0 Å². The number of aryl methyl sites for hydroxylation is 1. The first-order valence-electron chi connectivity index (χ1n) is 5.60. The molecule has 2 rings (SSSR count). The molecule has 1 amide bonds. The van der Waals surface area contributed by atoms with Crippen molar-refractivity contribution in [3.05, 3.63) is 23.7 Å². The molecule has 1 aliphatic heterocycles. The van der Waals surface area contributed by atoms with Gasteiger partial charge in [0.05, 0.1) is 12.2 Å². The zero-order valence-electron chi connectivity index (χ0n) is 9.84. The summed E-state index contributed by atoms with van der Waals surface area (Å²) in [5.74, 6) is -1.23. The second-order valence-electron chi connectivity index (χ2n) is 4.41. The van der Waals surface area contributed by atoms with Crippen LogP contribution in [0.1, 0.15) is 29.5 Å². The van der Waals surface area contributed by atoms with Crippen LogP contribution in [0.5, 0.6) is 0 Å². The molecule has 2 unspecified atom stereocenters. The third-order valence-corrected chi connectivity index (χ3v) is 3.39. The lowest BCUT2D eigenvalue weighted by atomic mass is 10.0. The average Bonchev–Trinajstić information content (AvgIpc) is 2.83. The molecule has 2 atom stereocenters. The quantitative estimate of drug-likeness (QED) is 0.846. The first kappa shape index (κ1) is 11.7. The maximum Gasteiger partial charge on any atom is 0.308 e. The van der Waals surface area contributed by atoms with Crippen molar-refractivity contribution in [2.75, 3.05) is 6.54 Å². The van der Waals surface area contributed by atoms with E-state index < -0.39 is 11.9 Å². The van der Waals surface area contributed by atoms with Gasteiger partial charge in [0.2, 0.25) is 0 Å². The van der Waals surface area contributed by atoms with E-state index >= 15 is 0 Å². The van der Waals surface area contributed by atoms with Crippen LogP contribution < -0.4 is 0 Å². The Morgan fingerprint density at radius 1 is 1.53 bits per heavy atom. The third kappa shape index (κ3) is 1.92. The summed E-state index contributed by atoms with van der Waals surface area (Å²) in [5.41, 5.74) is 0.779. The SMILES string of the molecule is Cc1ccoc1C(=O)N1CCC(C(=O)O)C1C. The van der Waals surface area contributed by atoms with E-state index in [0.717, 1.165) is 5.56 Å². The molecule has 5 heteroatoms. The molecular weight excluding hydrogens is 222 g/mol. The van der Waals surface area contributed by atoms with Gasteiger partial charge >= 0.3 is 5.97 Å². The van der Waals surface area contributed by atoms with Crippen LogP contribution in [0.4, 0.5) is 0 Å². The number of carbonyl (C=O) groups excluding carboxylic acids is 1. The molecule has 1 fully saturated rings. The van der Waals surface area contributed by atoms with E-state index in [-0.39, 0.29) is 11.9 Å². The van der Waals surface area contributed by atoms with Gasteiger partial charge in [0.25, 0.3) is 5.91 Å². The fraction of sp³-hybridized carbons (Fsp3) is 0.500. The number of carbonyl (C=O) groups is 2. The Balaban J connectivity index is 2.18. The molecule has 0 saturated carbocycles. The Bertz CT molecular complexity index is 451. The molecular formula is C12H15NO4. The molecule has 5 nitrogen and oxygen atoms in total. The second-order valence-corrected chi connectivity index (χ2v) is 4.41. The van der Waals surface area contributed by atoms with Crippen LogP contribution in [-0.4, -0.2) is 34.5 Å². The van der Waals surface area contributed by atoms with E-state index in [1.54, 1.807) is 24.8 Å². The molecule has 1 aliphatic rings. The first-order valence-corrected chi connectivity index (χ1v) is 5.60. The summed E-state index contributed by atoms with van der Waals surface area (Å²) in [7, 11) is 0. The predicted octanol–water partition coefficient (Wildman–Crippen LogP) is 1.52. The molecule has 1 saturated heterocycles. The number of hydrogen-bond acceptors (Lipinski definition) is 3. The summed E-state index contributed by atoms with van der Waals surface area (Å²) in [6.07, 6.45) is 1.97. The maximum absolute atomic E-state index is 12.1. The van der Waals surface area contributed by atoms with E-state index in [1.807, 2.05) is 0 Å². The highest BCUT2D eigenvalue weighted by molar-refractivity contribution is 5.93. The monoisotopic (exact) mass is 237 g/mol. The number of rotatable bonds is 2. The fourth-order valence-electron chi connectivity index (χ4n) is 2.28. The topological polar surface area (TPSA) is 70.8 Å². The van der Waals surface area contributed by atoms with Gasteiger partial charge < -0.3 is 14.4 Å². The highest BCUT2D eigenvalue weighted by Gasteiger charge is 2.39. The average molecular weight is 237 g/mol. The standard InChI is InChI=1S/C12H15NO4/c1-7-4-6-17-10(7)11(14)13-5-3-9(8(13)2)12(15)16/h4,6,8-9H,3,5H2,1-2H3,(H,15,16). The Hall–Kier alpha value is -1.78. The van der Waals surface area contributed by atoms with Gasteiger partial charge in [-0.3, -0.25) is 9.59 Å². The summed E-state index contributed by atoms with van der Waals surface area (Å²) in [4.78, 5) is 24.7. The second kappa shape index (κ2) is 4.24. The van der Waals surface area contributed by atoms with Crippen molar-refractivity contribution >= 4 is 11.9 Å². The van der Waals surface area contributed by atoms with Crippen LogP contribution in [0.15, 0.2) is 16.7 Å². The number of likely N-dealkylation sites (tertiary alicyclic amines) is 1. The lowest BCUT2D eigenvalue weighted by Gasteiger charge is -2.22.